The summed E-state index contributed by atoms with van der Waals surface area (Å²) in [6.07, 6.45) is -8.39. The number of carboxylic acid groups (broad SMARTS) is 1. The zero-order valence-electron chi connectivity index (χ0n) is 10.6. The molecule has 0 aliphatic rings. The van der Waals surface area contributed by atoms with E-state index >= 15 is 0 Å². The summed E-state index contributed by atoms with van der Waals surface area (Å²) in [7, 11) is 0. The van der Waals surface area contributed by atoms with E-state index in [1.807, 2.05) is 0 Å². The number of aldehydes is 1. The van der Waals surface area contributed by atoms with Crippen LogP contribution in [0, 0.1) is 0 Å². The maximum Gasteiger partial charge on any atom is 0.335 e. The Morgan fingerprint density at radius 3 is 1.57 bits per heavy atom. The fourth-order valence-corrected chi connectivity index (χ4v) is 1.07. The van der Waals surface area contributed by atoms with Crippen LogP contribution in [0.25, 0.3) is 0 Å². The van der Waals surface area contributed by atoms with Gasteiger partial charge in [0.05, 0.1) is 0 Å². The SMILES string of the molecule is O=C[C@H](O)[C@@H](O)[C@@H](O)[C@H](O)C(=O)O.Oc1ccc(O)cc1. The van der Waals surface area contributed by atoms with Gasteiger partial charge in [-0.1, -0.05) is 0 Å². The van der Waals surface area contributed by atoms with Gasteiger partial charge in [0.1, 0.15) is 29.8 Å². The molecule has 0 unspecified atom stereocenters. The minimum Gasteiger partial charge on any atom is -0.508 e. The van der Waals surface area contributed by atoms with Gasteiger partial charge in [0.15, 0.2) is 12.4 Å². The predicted molar refractivity (Wildman–Crippen MR) is 67.5 cm³/mol. The van der Waals surface area contributed by atoms with Crippen molar-refractivity contribution in [2.24, 2.45) is 0 Å². The van der Waals surface area contributed by atoms with Gasteiger partial charge in [0, 0.05) is 0 Å². The molecule has 0 aliphatic heterocycles. The molecule has 4 atom stereocenters. The van der Waals surface area contributed by atoms with Gasteiger partial charge in [-0.3, -0.25) is 0 Å². The molecule has 0 saturated carbocycles. The lowest BCUT2D eigenvalue weighted by Gasteiger charge is -2.21. The highest BCUT2D eigenvalue weighted by Crippen LogP contribution is 2.13. The molecule has 1 aromatic rings. The van der Waals surface area contributed by atoms with Crippen molar-refractivity contribution in [2.45, 2.75) is 24.4 Å². The third-order valence-electron chi connectivity index (χ3n) is 2.27. The van der Waals surface area contributed by atoms with Gasteiger partial charge in [0.2, 0.25) is 0 Å². The van der Waals surface area contributed by atoms with E-state index < -0.39 is 30.4 Å². The molecule has 1 rings (SSSR count). The second-order valence-corrected chi connectivity index (χ2v) is 3.91. The van der Waals surface area contributed by atoms with E-state index in [-0.39, 0.29) is 17.8 Å². The van der Waals surface area contributed by atoms with Gasteiger partial charge in [-0.25, -0.2) is 4.79 Å². The molecule has 0 bridgehead atoms. The molecule has 0 aliphatic carbocycles. The molecule has 0 spiro atoms. The molecule has 0 heterocycles. The maximum atomic E-state index is 10.1. The first kappa shape index (κ1) is 18.8. The van der Waals surface area contributed by atoms with Crippen molar-refractivity contribution in [3.63, 3.8) is 0 Å². The van der Waals surface area contributed by atoms with Crippen molar-refractivity contribution < 1.29 is 45.3 Å². The Labute approximate surface area is 119 Å². The summed E-state index contributed by atoms with van der Waals surface area (Å²) in [6, 6.07) is 5.70. The second-order valence-electron chi connectivity index (χ2n) is 3.91. The number of carbonyl (C=O) groups excluding carboxylic acids is 1. The Hall–Kier alpha value is -2.20. The Bertz CT molecular complexity index is 424. The number of phenolic OH excluding ortho intramolecular Hbond substituents is 2. The number of carbonyl (C=O) groups is 2. The number of aliphatic hydroxyl groups excluding tert-OH is 4. The van der Waals surface area contributed by atoms with Gasteiger partial charge in [-0.2, -0.15) is 0 Å². The highest BCUT2D eigenvalue weighted by Gasteiger charge is 2.33. The number of rotatable bonds is 5. The maximum absolute atomic E-state index is 10.1. The minimum absolute atomic E-state index is 0.0809. The van der Waals surface area contributed by atoms with Crippen molar-refractivity contribution in [3.05, 3.63) is 24.3 Å². The molecule has 1 aromatic carbocycles. The third kappa shape index (κ3) is 6.68. The number of aromatic hydroxyl groups is 2. The molecule has 118 valence electrons. The summed E-state index contributed by atoms with van der Waals surface area (Å²) in [5.41, 5.74) is 0. The van der Waals surface area contributed by atoms with Crippen molar-refractivity contribution in [1.29, 1.82) is 0 Å². The molecular weight excluding hydrogens is 288 g/mol. The molecule has 0 radical (unpaired) electrons. The average Bonchev–Trinajstić information content (AvgIpc) is 2.47. The van der Waals surface area contributed by atoms with Crippen molar-refractivity contribution in [1.82, 2.24) is 0 Å². The normalized spacial score (nSPS) is 15.8. The van der Waals surface area contributed by atoms with E-state index in [0.717, 1.165) is 0 Å². The zero-order chi connectivity index (χ0) is 16.6. The van der Waals surface area contributed by atoms with Gasteiger partial charge in [0.25, 0.3) is 0 Å². The average molecular weight is 304 g/mol. The van der Waals surface area contributed by atoms with Crippen LogP contribution in [0.3, 0.4) is 0 Å². The van der Waals surface area contributed by atoms with Crippen molar-refractivity contribution in [3.8, 4) is 11.5 Å². The predicted octanol–water partition coefficient (Wildman–Crippen LogP) is -2.19. The number of phenols is 2. The molecular formula is C12H16O9. The lowest BCUT2D eigenvalue weighted by Crippen LogP contribution is -2.48. The number of carboxylic acids is 1. The van der Waals surface area contributed by atoms with Crippen LogP contribution in [0.15, 0.2) is 24.3 Å². The number of hydrogen-bond donors (Lipinski definition) is 7. The van der Waals surface area contributed by atoms with Crippen LogP contribution < -0.4 is 0 Å². The molecule has 7 N–H and O–H groups in total. The van der Waals surface area contributed by atoms with E-state index in [9.17, 15) is 9.59 Å². The number of aliphatic hydroxyl groups is 4. The topological polar surface area (TPSA) is 176 Å². The molecule has 0 fully saturated rings. The monoisotopic (exact) mass is 304 g/mol. The molecule has 9 heteroatoms. The lowest BCUT2D eigenvalue weighted by atomic mass is 10.0. The van der Waals surface area contributed by atoms with Crippen LogP contribution >= 0.6 is 0 Å². The Balaban J connectivity index is 0.000000423. The van der Waals surface area contributed by atoms with Crippen LogP contribution in [0.4, 0.5) is 0 Å². The number of benzene rings is 1. The summed E-state index contributed by atoms with van der Waals surface area (Å²) >= 11 is 0. The number of aliphatic carboxylic acids is 1. The zero-order valence-corrected chi connectivity index (χ0v) is 10.6. The minimum atomic E-state index is -2.25. The van der Waals surface area contributed by atoms with Gasteiger partial charge in [-0.05, 0) is 24.3 Å². The summed E-state index contributed by atoms with van der Waals surface area (Å²) in [4.78, 5) is 20.0. The van der Waals surface area contributed by atoms with Crippen LogP contribution in [0.1, 0.15) is 0 Å². The van der Waals surface area contributed by atoms with E-state index in [0.29, 0.717) is 0 Å². The third-order valence-corrected chi connectivity index (χ3v) is 2.27. The smallest absolute Gasteiger partial charge is 0.335 e. The van der Waals surface area contributed by atoms with Crippen LogP contribution in [-0.4, -0.2) is 72.4 Å². The number of hydrogen-bond acceptors (Lipinski definition) is 8. The quantitative estimate of drug-likeness (QED) is 0.235. The van der Waals surface area contributed by atoms with Crippen LogP contribution in [0.5, 0.6) is 11.5 Å². The van der Waals surface area contributed by atoms with E-state index in [1.54, 1.807) is 0 Å². The van der Waals surface area contributed by atoms with E-state index in [4.69, 9.17) is 35.7 Å². The standard InChI is InChI=1S/C6H10O7.C6H6O2/c7-1-2(8)3(9)4(10)5(11)6(12)13;7-5-1-2-6(8)4-3-5/h1-5,8-11H,(H,12,13);1-4,7-8H/t2-,3+,4+,5-;/m0./s1. The molecule has 21 heavy (non-hydrogen) atoms. The first-order valence-corrected chi connectivity index (χ1v) is 5.59. The summed E-state index contributed by atoms with van der Waals surface area (Å²) < 4.78 is 0. The van der Waals surface area contributed by atoms with Crippen LogP contribution in [-0.2, 0) is 9.59 Å². The van der Waals surface area contributed by atoms with E-state index in [2.05, 4.69) is 0 Å². The summed E-state index contributed by atoms with van der Waals surface area (Å²) in [5.74, 6) is -1.42. The molecule has 0 amide bonds. The molecule has 9 nitrogen and oxygen atoms in total. The summed E-state index contributed by atoms with van der Waals surface area (Å²) in [5, 5.41) is 60.5. The highest BCUT2D eigenvalue weighted by atomic mass is 16.4. The van der Waals surface area contributed by atoms with Crippen molar-refractivity contribution >= 4 is 12.3 Å². The summed E-state index contributed by atoms with van der Waals surface area (Å²) in [6.45, 7) is 0. The van der Waals surface area contributed by atoms with Gasteiger partial charge >= 0.3 is 5.97 Å². The Morgan fingerprint density at radius 1 is 0.905 bits per heavy atom. The van der Waals surface area contributed by atoms with Crippen molar-refractivity contribution in [2.75, 3.05) is 0 Å². The Morgan fingerprint density at radius 2 is 1.29 bits per heavy atom. The Kier molecular flexibility index (Phi) is 7.94. The first-order chi connectivity index (χ1) is 9.70. The van der Waals surface area contributed by atoms with E-state index in [1.165, 1.54) is 24.3 Å². The molecule has 0 saturated heterocycles. The lowest BCUT2D eigenvalue weighted by molar-refractivity contribution is -0.163. The van der Waals surface area contributed by atoms with Crippen LogP contribution in [0.2, 0.25) is 0 Å². The highest BCUT2D eigenvalue weighted by molar-refractivity contribution is 5.73. The van der Waals surface area contributed by atoms with Gasteiger partial charge in [-0.15, -0.1) is 0 Å². The fraction of sp³-hybridized carbons (Fsp3) is 0.333. The second kappa shape index (κ2) is 8.87. The molecule has 0 aromatic heterocycles. The van der Waals surface area contributed by atoms with Gasteiger partial charge < -0.3 is 40.5 Å². The largest absolute Gasteiger partial charge is 0.508 e. The fourth-order valence-electron chi connectivity index (χ4n) is 1.07. The first-order valence-electron chi connectivity index (χ1n) is 5.59.